The lowest BCUT2D eigenvalue weighted by Gasteiger charge is -2.06. The maximum atomic E-state index is 10.6. The maximum absolute atomic E-state index is 10.6. The standard InChI is InChI=1S/C6H10O5S.CH3/c1-5(2)6(7)11-3-4-12(8,9)10;/h1,3-4H2,2H3,(H,8,9,10);1H3/q;+1/p-1. The zero-order valence-electron chi connectivity index (χ0n) is 7.57. The third-order valence-electron chi connectivity index (χ3n) is 0.915. The third kappa shape index (κ3) is 8.90. The molecule has 0 unspecified atom stereocenters. The van der Waals surface area contributed by atoms with Crippen LogP contribution in [0.15, 0.2) is 12.2 Å². The van der Waals surface area contributed by atoms with Crippen LogP contribution in [-0.4, -0.2) is 31.3 Å². The van der Waals surface area contributed by atoms with Gasteiger partial charge in [-0.3, -0.25) is 0 Å². The van der Waals surface area contributed by atoms with E-state index in [1.165, 1.54) is 6.92 Å². The van der Waals surface area contributed by atoms with Crippen molar-refractivity contribution in [2.75, 3.05) is 12.4 Å². The third-order valence-corrected chi connectivity index (χ3v) is 1.58. The lowest BCUT2D eigenvalue weighted by molar-refractivity contribution is -0.138. The summed E-state index contributed by atoms with van der Waals surface area (Å²) >= 11 is 0. The summed E-state index contributed by atoms with van der Waals surface area (Å²) in [6.45, 7) is 4.27. The molecular weight excluding hydrogens is 196 g/mol. The molecular formula is C7H12O5S. The van der Waals surface area contributed by atoms with Gasteiger partial charge in [0.15, 0.2) is 0 Å². The van der Waals surface area contributed by atoms with E-state index in [9.17, 15) is 17.8 Å². The molecule has 0 aromatic heterocycles. The first-order chi connectivity index (χ1) is 5.33. The molecule has 0 spiro atoms. The number of rotatable bonds is 4. The van der Waals surface area contributed by atoms with Crippen LogP contribution in [0.4, 0.5) is 0 Å². The van der Waals surface area contributed by atoms with E-state index < -0.39 is 28.4 Å². The van der Waals surface area contributed by atoms with Crippen molar-refractivity contribution in [3.05, 3.63) is 19.6 Å². The lowest BCUT2D eigenvalue weighted by atomic mass is 10.4. The number of carbonyl (C=O) groups is 1. The first-order valence-electron chi connectivity index (χ1n) is 3.09. The van der Waals surface area contributed by atoms with Gasteiger partial charge in [-0.1, -0.05) is 6.58 Å². The van der Waals surface area contributed by atoms with Crippen molar-refractivity contribution in [2.24, 2.45) is 0 Å². The van der Waals surface area contributed by atoms with Crippen LogP contribution in [0.5, 0.6) is 0 Å². The van der Waals surface area contributed by atoms with E-state index in [0.717, 1.165) is 0 Å². The van der Waals surface area contributed by atoms with Gasteiger partial charge in [0.1, 0.15) is 6.61 Å². The minimum Gasteiger partial charge on any atom is -0.748 e. The molecule has 0 aliphatic rings. The van der Waals surface area contributed by atoms with E-state index in [1.54, 1.807) is 0 Å². The monoisotopic (exact) mass is 208 g/mol. The van der Waals surface area contributed by atoms with Gasteiger partial charge in [0, 0.05) is 13.0 Å². The van der Waals surface area contributed by atoms with Crippen LogP contribution in [0.1, 0.15) is 6.92 Å². The smallest absolute Gasteiger partial charge is 0.333 e. The highest BCUT2D eigenvalue weighted by Crippen LogP contribution is 1.92. The molecule has 5 nitrogen and oxygen atoms in total. The number of hydrogen-bond donors (Lipinski definition) is 0. The Morgan fingerprint density at radius 3 is 2.31 bits per heavy atom. The summed E-state index contributed by atoms with van der Waals surface area (Å²) in [6, 6.07) is 0. The normalized spacial score (nSPS) is 10.0. The van der Waals surface area contributed by atoms with Gasteiger partial charge in [-0.05, 0) is 6.92 Å². The summed E-state index contributed by atoms with van der Waals surface area (Å²) in [4.78, 5) is 10.6. The first kappa shape index (κ1) is 14.5. The average Bonchev–Trinajstić information content (AvgIpc) is 1.84. The van der Waals surface area contributed by atoms with E-state index in [1.807, 2.05) is 0 Å². The molecule has 0 saturated heterocycles. The zero-order chi connectivity index (χ0) is 9.78. The summed E-state index contributed by atoms with van der Waals surface area (Å²) in [6.07, 6.45) is 0. The van der Waals surface area contributed by atoms with Crippen molar-refractivity contribution >= 4 is 16.1 Å². The number of esters is 1. The summed E-state index contributed by atoms with van der Waals surface area (Å²) in [7, 11) is -4.30. The molecule has 0 aliphatic carbocycles. The molecule has 0 atom stereocenters. The van der Waals surface area contributed by atoms with Crippen LogP contribution in [0.3, 0.4) is 0 Å². The van der Waals surface area contributed by atoms with Crippen LogP contribution in [-0.2, 0) is 19.6 Å². The van der Waals surface area contributed by atoms with Gasteiger partial charge in [0.25, 0.3) is 0 Å². The van der Waals surface area contributed by atoms with Gasteiger partial charge >= 0.3 is 5.97 Å². The van der Waals surface area contributed by atoms with E-state index in [0.29, 0.717) is 0 Å². The van der Waals surface area contributed by atoms with Gasteiger partial charge in [-0.15, -0.1) is 0 Å². The Kier molecular flexibility index (Phi) is 6.26. The van der Waals surface area contributed by atoms with Crippen molar-refractivity contribution in [1.29, 1.82) is 0 Å². The fraction of sp³-hybridized carbons (Fsp3) is 0.429. The van der Waals surface area contributed by atoms with Crippen LogP contribution in [0, 0.1) is 7.43 Å². The van der Waals surface area contributed by atoms with Crippen molar-refractivity contribution < 1.29 is 22.5 Å². The second-order valence-corrected chi connectivity index (χ2v) is 3.70. The molecule has 0 fully saturated rings. The Hall–Kier alpha value is -1.01. The van der Waals surface area contributed by atoms with E-state index in [-0.39, 0.29) is 13.0 Å². The minimum absolute atomic E-state index is 0. The van der Waals surface area contributed by atoms with Gasteiger partial charge in [-0.2, -0.15) is 0 Å². The zero-order valence-corrected chi connectivity index (χ0v) is 8.39. The lowest BCUT2D eigenvalue weighted by Crippen LogP contribution is -2.14. The fourth-order valence-electron chi connectivity index (χ4n) is 0.360. The van der Waals surface area contributed by atoms with Crippen molar-refractivity contribution in [2.45, 2.75) is 6.92 Å². The van der Waals surface area contributed by atoms with Gasteiger partial charge in [0.2, 0.25) is 0 Å². The molecule has 0 amide bonds. The molecule has 0 saturated carbocycles. The van der Waals surface area contributed by atoms with Gasteiger partial charge in [0.05, 0.1) is 15.9 Å². The van der Waals surface area contributed by atoms with Crippen LogP contribution >= 0.6 is 0 Å². The molecule has 0 radical (unpaired) electrons. The van der Waals surface area contributed by atoms with Crippen LogP contribution in [0.2, 0.25) is 0 Å². The molecule has 13 heavy (non-hydrogen) atoms. The molecule has 0 aliphatic heterocycles. The summed E-state index contributed by atoms with van der Waals surface area (Å²) in [5.74, 6) is -1.40. The van der Waals surface area contributed by atoms with Crippen LogP contribution in [0.25, 0.3) is 0 Å². The summed E-state index contributed by atoms with van der Waals surface area (Å²) in [5.41, 5.74) is 0.165. The minimum atomic E-state index is -4.30. The van der Waals surface area contributed by atoms with Crippen LogP contribution < -0.4 is 0 Å². The Bertz CT molecular complexity index is 277. The molecule has 0 aromatic carbocycles. The molecule has 76 valence electrons. The molecule has 0 rings (SSSR count). The largest absolute Gasteiger partial charge is 0.748 e. The van der Waals surface area contributed by atoms with Gasteiger partial charge < -0.3 is 9.29 Å². The second-order valence-electron chi connectivity index (χ2n) is 2.18. The highest BCUT2D eigenvalue weighted by molar-refractivity contribution is 7.85. The second kappa shape index (κ2) is 5.60. The van der Waals surface area contributed by atoms with Crippen molar-refractivity contribution in [1.82, 2.24) is 0 Å². The van der Waals surface area contributed by atoms with Crippen molar-refractivity contribution in [3.8, 4) is 0 Å². The summed E-state index contributed by atoms with van der Waals surface area (Å²) in [5, 5.41) is 0. The predicted octanol–water partition coefficient (Wildman–Crippen LogP) is 0.101. The number of hydrogen-bond acceptors (Lipinski definition) is 5. The van der Waals surface area contributed by atoms with E-state index >= 15 is 0 Å². The molecule has 0 N–H and O–H groups in total. The highest BCUT2D eigenvalue weighted by atomic mass is 32.2. The number of carbonyl (C=O) groups excluding carboxylic acids is 1. The maximum Gasteiger partial charge on any atom is 0.333 e. The Labute approximate surface area is 78.1 Å². The highest BCUT2D eigenvalue weighted by Gasteiger charge is 2.03. The van der Waals surface area contributed by atoms with Crippen molar-refractivity contribution in [3.63, 3.8) is 0 Å². The SMILES string of the molecule is C=C(C)C(=O)OCCS(=O)(=O)[O-].[CH3+]. The molecule has 0 heterocycles. The molecule has 0 bridgehead atoms. The van der Waals surface area contributed by atoms with E-state index in [4.69, 9.17) is 0 Å². The Morgan fingerprint density at radius 1 is 1.54 bits per heavy atom. The fourth-order valence-corrected chi connectivity index (χ4v) is 0.647. The molecule has 6 heteroatoms. The Balaban J connectivity index is 0. The topological polar surface area (TPSA) is 83.5 Å². The van der Waals surface area contributed by atoms with E-state index in [2.05, 4.69) is 11.3 Å². The average molecular weight is 208 g/mol. The van der Waals surface area contributed by atoms with Gasteiger partial charge in [-0.25, -0.2) is 13.2 Å². The Morgan fingerprint density at radius 2 is 2.00 bits per heavy atom. The first-order valence-corrected chi connectivity index (χ1v) is 4.67. The summed E-state index contributed by atoms with van der Waals surface area (Å²) < 4.78 is 34.4. The quantitative estimate of drug-likeness (QED) is 0.283. The number of ether oxygens (including phenoxy) is 1. The predicted molar refractivity (Wildman–Crippen MR) is 46.8 cm³/mol. The molecule has 0 aromatic rings.